The zero-order valence-electron chi connectivity index (χ0n) is 14.1. The Morgan fingerprint density at radius 1 is 1.25 bits per heavy atom. The van der Waals surface area contributed by atoms with Crippen LogP contribution in [-0.4, -0.2) is 21.8 Å². The van der Waals surface area contributed by atoms with Crippen molar-refractivity contribution < 1.29 is 4.79 Å². The quantitative estimate of drug-likeness (QED) is 0.656. The van der Waals surface area contributed by atoms with Crippen molar-refractivity contribution in [2.45, 2.75) is 27.2 Å². The van der Waals surface area contributed by atoms with E-state index in [4.69, 9.17) is 0 Å². The number of pyridine rings is 1. The van der Waals surface area contributed by atoms with E-state index < -0.39 is 0 Å². The third kappa shape index (κ3) is 2.84. The Morgan fingerprint density at radius 3 is 2.58 bits per heavy atom. The summed E-state index contributed by atoms with van der Waals surface area (Å²) in [7, 11) is 0. The maximum absolute atomic E-state index is 13.3. The number of hydrogen-bond donors (Lipinski definition) is 0. The standard InChI is InChI=1S/C19H20BrN3O/c1-4-16-17(23-12-13(3)11-15(20)18(23)21-16)19(24)22(5-2)14-9-7-6-8-10-14/h6-12H,4-5H2,1-3H3. The average molecular weight is 386 g/mol. The van der Waals surface area contributed by atoms with Crippen LogP contribution in [0, 0.1) is 6.92 Å². The Hall–Kier alpha value is -2.14. The van der Waals surface area contributed by atoms with Gasteiger partial charge in [0.1, 0.15) is 5.69 Å². The number of benzene rings is 1. The van der Waals surface area contributed by atoms with E-state index in [-0.39, 0.29) is 5.91 Å². The molecule has 4 nitrogen and oxygen atoms in total. The van der Waals surface area contributed by atoms with Gasteiger partial charge in [-0.2, -0.15) is 0 Å². The number of anilines is 1. The first kappa shape index (κ1) is 16.7. The minimum Gasteiger partial charge on any atom is -0.307 e. The predicted octanol–water partition coefficient (Wildman–Crippen LogP) is 4.63. The highest BCUT2D eigenvalue weighted by atomic mass is 79.9. The largest absolute Gasteiger partial charge is 0.307 e. The molecule has 0 aliphatic carbocycles. The molecule has 0 atom stereocenters. The predicted molar refractivity (Wildman–Crippen MR) is 101 cm³/mol. The number of halogens is 1. The summed E-state index contributed by atoms with van der Waals surface area (Å²) in [5.74, 6) is -0.0226. The van der Waals surface area contributed by atoms with Gasteiger partial charge in [-0.1, -0.05) is 25.1 Å². The van der Waals surface area contributed by atoms with Gasteiger partial charge in [0, 0.05) is 18.4 Å². The van der Waals surface area contributed by atoms with Gasteiger partial charge in [-0.25, -0.2) is 4.98 Å². The van der Waals surface area contributed by atoms with E-state index >= 15 is 0 Å². The molecule has 0 fully saturated rings. The second kappa shape index (κ2) is 6.77. The third-order valence-corrected chi connectivity index (χ3v) is 4.63. The number of carbonyl (C=O) groups excluding carboxylic acids is 1. The van der Waals surface area contributed by atoms with E-state index in [1.165, 1.54) is 0 Å². The number of imidazole rings is 1. The van der Waals surface area contributed by atoms with Crippen LogP contribution in [0.25, 0.3) is 5.65 Å². The minimum atomic E-state index is -0.0226. The number of fused-ring (bicyclic) bond motifs is 1. The van der Waals surface area contributed by atoms with Gasteiger partial charge in [0.25, 0.3) is 5.91 Å². The number of aromatic nitrogens is 2. The topological polar surface area (TPSA) is 37.6 Å². The number of amides is 1. The molecule has 0 N–H and O–H groups in total. The summed E-state index contributed by atoms with van der Waals surface area (Å²) in [5.41, 5.74) is 4.22. The number of hydrogen-bond acceptors (Lipinski definition) is 2. The van der Waals surface area contributed by atoms with Crippen LogP contribution < -0.4 is 4.90 Å². The molecular weight excluding hydrogens is 366 g/mol. The zero-order chi connectivity index (χ0) is 17.3. The third-order valence-electron chi connectivity index (χ3n) is 4.05. The monoisotopic (exact) mass is 385 g/mol. The minimum absolute atomic E-state index is 0.0226. The van der Waals surface area contributed by atoms with Crippen LogP contribution >= 0.6 is 15.9 Å². The molecule has 0 bridgehead atoms. The smallest absolute Gasteiger partial charge is 0.277 e. The second-order valence-electron chi connectivity index (χ2n) is 5.70. The first-order valence-electron chi connectivity index (χ1n) is 8.10. The average Bonchev–Trinajstić information content (AvgIpc) is 2.95. The molecule has 1 amide bonds. The van der Waals surface area contributed by atoms with E-state index in [2.05, 4.69) is 20.9 Å². The van der Waals surface area contributed by atoms with Crippen molar-refractivity contribution in [2.75, 3.05) is 11.4 Å². The van der Waals surface area contributed by atoms with Crippen LogP contribution in [0.15, 0.2) is 47.1 Å². The molecule has 1 aromatic carbocycles. The van der Waals surface area contributed by atoms with Gasteiger partial charge < -0.3 is 4.90 Å². The van der Waals surface area contributed by atoms with Crippen LogP contribution in [0.5, 0.6) is 0 Å². The highest BCUT2D eigenvalue weighted by Gasteiger charge is 2.24. The highest BCUT2D eigenvalue weighted by Crippen LogP contribution is 2.25. The fourth-order valence-corrected chi connectivity index (χ4v) is 3.57. The van der Waals surface area contributed by atoms with Gasteiger partial charge in [0.2, 0.25) is 0 Å². The van der Waals surface area contributed by atoms with Crippen LogP contribution in [0.1, 0.15) is 35.6 Å². The Bertz CT molecular complexity index is 887. The van der Waals surface area contributed by atoms with Crippen molar-refractivity contribution in [1.82, 2.24) is 9.38 Å². The molecule has 0 saturated heterocycles. The van der Waals surface area contributed by atoms with E-state index in [0.29, 0.717) is 18.7 Å². The summed E-state index contributed by atoms with van der Waals surface area (Å²) in [5, 5.41) is 0. The van der Waals surface area contributed by atoms with Crippen LogP contribution in [0.4, 0.5) is 5.69 Å². The molecule has 0 aliphatic heterocycles. The summed E-state index contributed by atoms with van der Waals surface area (Å²) in [6.07, 6.45) is 2.68. The van der Waals surface area contributed by atoms with Crippen molar-refractivity contribution in [3.05, 3.63) is 64.0 Å². The molecule has 3 rings (SSSR count). The molecule has 0 saturated carbocycles. The first-order valence-corrected chi connectivity index (χ1v) is 8.90. The van der Waals surface area contributed by atoms with Crippen molar-refractivity contribution in [1.29, 1.82) is 0 Å². The normalized spacial score (nSPS) is 11.0. The maximum atomic E-state index is 13.3. The maximum Gasteiger partial charge on any atom is 0.277 e. The summed E-state index contributed by atoms with van der Waals surface area (Å²) < 4.78 is 2.81. The fourth-order valence-electron chi connectivity index (χ4n) is 2.93. The van der Waals surface area contributed by atoms with Gasteiger partial charge in [-0.05, 0) is 60.0 Å². The van der Waals surface area contributed by atoms with Crippen LogP contribution in [-0.2, 0) is 6.42 Å². The van der Waals surface area contributed by atoms with E-state index in [1.807, 2.05) is 67.8 Å². The van der Waals surface area contributed by atoms with E-state index in [0.717, 1.165) is 27.1 Å². The molecule has 2 heterocycles. The molecule has 0 radical (unpaired) electrons. The lowest BCUT2D eigenvalue weighted by Gasteiger charge is -2.21. The number of aryl methyl sites for hydroxylation is 2. The molecule has 24 heavy (non-hydrogen) atoms. The highest BCUT2D eigenvalue weighted by molar-refractivity contribution is 9.10. The Kier molecular flexibility index (Phi) is 4.71. The van der Waals surface area contributed by atoms with E-state index in [1.54, 1.807) is 4.90 Å². The number of nitrogens with zero attached hydrogens (tertiary/aromatic N) is 3. The van der Waals surface area contributed by atoms with Gasteiger partial charge in [-0.15, -0.1) is 0 Å². The van der Waals surface area contributed by atoms with Crippen LogP contribution in [0.3, 0.4) is 0 Å². The molecule has 5 heteroatoms. The number of rotatable bonds is 4. The summed E-state index contributed by atoms with van der Waals surface area (Å²) in [4.78, 5) is 19.8. The molecule has 3 aromatic rings. The molecule has 0 unspecified atom stereocenters. The number of carbonyl (C=O) groups is 1. The van der Waals surface area contributed by atoms with Gasteiger partial charge in [0.15, 0.2) is 5.65 Å². The summed E-state index contributed by atoms with van der Waals surface area (Å²) in [6, 6.07) is 11.8. The number of para-hydroxylation sites is 1. The lowest BCUT2D eigenvalue weighted by molar-refractivity contribution is 0.0981. The Balaban J connectivity index is 2.18. The zero-order valence-corrected chi connectivity index (χ0v) is 15.7. The summed E-state index contributed by atoms with van der Waals surface area (Å²) in [6.45, 7) is 6.63. The molecule has 0 aliphatic rings. The van der Waals surface area contributed by atoms with Crippen molar-refractivity contribution in [3.8, 4) is 0 Å². The van der Waals surface area contributed by atoms with Gasteiger partial charge >= 0.3 is 0 Å². The molecule has 0 spiro atoms. The van der Waals surface area contributed by atoms with Crippen molar-refractivity contribution >= 4 is 33.2 Å². The Labute approximate surface area is 150 Å². The second-order valence-corrected chi connectivity index (χ2v) is 6.56. The fraction of sp³-hybridized carbons (Fsp3) is 0.263. The lowest BCUT2D eigenvalue weighted by atomic mass is 10.2. The van der Waals surface area contributed by atoms with Crippen LogP contribution in [0.2, 0.25) is 0 Å². The Morgan fingerprint density at radius 2 is 1.96 bits per heavy atom. The molecular formula is C19H20BrN3O. The summed E-state index contributed by atoms with van der Waals surface area (Å²) >= 11 is 3.56. The SMILES string of the molecule is CCc1nc2c(Br)cc(C)cn2c1C(=O)N(CC)c1ccccc1. The molecule has 2 aromatic heterocycles. The first-order chi connectivity index (χ1) is 11.6. The van der Waals surface area contributed by atoms with Gasteiger partial charge in [-0.3, -0.25) is 9.20 Å². The molecule has 124 valence electrons. The van der Waals surface area contributed by atoms with Crippen molar-refractivity contribution in [2.24, 2.45) is 0 Å². The van der Waals surface area contributed by atoms with E-state index in [9.17, 15) is 4.79 Å². The lowest BCUT2D eigenvalue weighted by Crippen LogP contribution is -2.32. The van der Waals surface area contributed by atoms with Crippen molar-refractivity contribution in [3.63, 3.8) is 0 Å². The van der Waals surface area contributed by atoms with Gasteiger partial charge in [0.05, 0.1) is 10.2 Å².